The van der Waals surface area contributed by atoms with E-state index in [4.69, 9.17) is 22.1 Å². The number of halogens is 1. The van der Waals surface area contributed by atoms with Crippen LogP contribution in [-0.4, -0.2) is 58.0 Å². The van der Waals surface area contributed by atoms with Gasteiger partial charge in [-0.15, -0.1) is 11.3 Å². The van der Waals surface area contributed by atoms with Crippen LogP contribution in [0.25, 0.3) is 21.2 Å². The van der Waals surface area contributed by atoms with Gasteiger partial charge in [0.25, 0.3) is 5.91 Å². The van der Waals surface area contributed by atoms with Crippen LogP contribution in [0, 0.1) is 5.92 Å². The van der Waals surface area contributed by atoms with Crippen LogP contribution in [0.1, 0.15) is 72.0 Å². The minimum absolute atomic E-state index is 0.0684. The van der Waals surface area contributed by atoms with E-state index in [-0.39, 0.29) is 17.9 Å². The van der Waals surface area contributed by atoms with E-state index in [1.165, 1.54) is 16.2 Å². The molecule has 242 valence electrons. The molecular formula is C36H40ClN3O5S. The zero-order valence-corrected chi connectivity index (χ0v) is 28.2. The molecule has 3 aromatic carbocycles. The smallest absolute Gasteiger partial charge is 0.407 e. The van der Waals surface area contributed by atoms with Gasteiger partial charge < -0.3 is 25.4 Å². The highest BCUT2D eigenvalue weighted by atomic mass is 35.5. The number of rotatable bonds is 9. The van der Waals surface area contributed by atoms with Crippen molar-refractivity contribution in [1.82, 2.24) is 9.80 Å². The number of fused-ring (bicyclic) bond motifs is 1. The van der Waals surface area contributed by atoms with Crippen molar-refractivity contribution in [2.24, 2.45) is 11.7 Å². The fourth-order valence-corrected chi connectivity index (χ4v) is 7.75. The molecular weight excluding hydrogens is 622 g/mol. The molecule has 0 unspecified atom stereocenters. The summed E-state index contributed by atoms with van der Waals surface area (Å²) in [5.74, 6) is 0.251. The molecule has 5 rings (SSSR count). The molecule has 1 aliphatic rings. The number of thiophene rings is 1. The predicted octanol–water partition coefficient (Wildman–Crippen LogP) is 8.31. The van der Waals surface area contributed by atoms with Gasteiger partial charge in [-0.1, -0.05) is 48.0 Å². The highest BCUT2D eigenvalue weighted by molar-refractivity contribution is 7.21. The maximum Gasteiger partial charge on any atom is 0.407 e. The number of primary amides is 1. The van der Waals surface area contributed by atoms with Crippen molar-refractivity contribution >= 4 is 50.9 Å². The maximum absolute atomic E-state index is 14.5. The maximum atomic E-state index is 14.5. The molecule has 1 heterocycles. The second-order valence-electron chi connectivity index (χ2n) is 12.9. The van der Waals surface area contributed by atoms with Gasteiger partial charge in [0.2, 0.25) is 5.91 Å². The van der Waals surface area contributed by atoms with E-state index in [0.717, 1.165) is 52.5 Å². The molecule has 10 heteroatoms. The van der Waals surface area contributed by atoms with Crippen molar-refractivity contribution in [3.8, 4) is 16.9 Å². The number of amides is 3. The second-order valence-corrected chi connectivity index (χ2v) is 14.3. The Morgan fingerprint density at radius 2 is 1.63 bits per heavy atom. The van der Waals surface area contributed by atoms with Crippen molar-refractivity contribution in [3.63, 3.8) is 0 Å². The number of hydrogen-bond donors (Lipinski definition) is 2. The van der Waals surface area contributed by atoms with Crippen molar-refractivity contribution in [1.29, 1.82) is 0 Å². The normalized spacial score (nSPS) is 16.6. The predicted molar refractivity (Wildman–Crippen MR) is 184 cm³/mol. The number of ether oxygens (including phenoxy) is 1. The zero-order chi connectivity index (χ0) is 33.2. The molecule has 3 N–H and O–H groups in total. The standard InChI is InChI=1S/C36H40ClN3O5S/c1-36(2,3)40(35(43)44)20-22-9-16-27(17-10-22)39(34(42)32-31(37)28-7-5-6-8-30(28)46-32)21-26-19-25(15-18-29(26)45-4)23-11-13-24(14-12-23)33(38)41/h5-8,11-15,18-19,22,27H,9-10,16-17,20-21H2,1-4H3,(H2,38,41)(H,43,44). The quantitative estimate of drug-likeness (QED) is 0.187. The van der Waals surface area contributed by atoms with Crippen LogP contribution in [0.2, 0.25) is 5.02 Å². The van der Waals surface area contributed by atoms with Gasteiger partial charge >= 0.3 is 6.09 Å². The second kappa shape index (κ2) is 13.7. The van der Waals surface area contributed by atoms with Gasteiger partial charge in [-0.2, -0.15) is 0 Å². The van der Waals surface area contributed by atoms with Crippen LogP contribution in [0.5, 0.6) is 5.75 Å². The zero-order valence-electron chi connectivity index (χ0n) is 26.6. The molecule has 0 aliphatic heterocycles. The first-order valence-corrected chi connectivity index (χ1v) is 16.6. The Balaban J connectivity index is 1.46. The molecule has 0 atom stereocenters. The number of methoxy groups -OCH3 is 1. The number of benzene rings is 3. The SMILES string of the molecule is COc1ccc(-c2ccc(C(N)=O)cc2)cc1CN(C(=O)c1sc2ccccc2c1Cl)C1CCC(CN(C(=O)O)C(C)(C)C)CC1. The Morgan fingerprint density at radius 1 is 0.978 bits per heavy atom. The van der Waals surface area contributed by atoms with Crippen molar-refractivity contribution in [3.05, 3.63) is 87.8 Å². The highest BCUT2D eigenvalue weighted by Crippen LogP contribution is 2.39. The lowest BCUT2D eigenvalue weighted by molar-refractivity contribution is 0.0535. The molecule has 1 saturated carbocycles. The Kier molecular flexibility index (Phi) is 9.93. The van der Waals surface area contributed by atoms with Gasteiger partial charge in [-0.3, -0.25) is 9.59 Å². The van der Waals surface area contributed by atoms with Gasteiger partial charge in [0.15, 0.2) is 0 Å². The van der Waals surface area contributed by atoms with Crippen molar-refractivity contribution in [2.75, 3.05) is 13.7 Å². The summed E-state index contributed by atoms with van der Waals surface area (Å²) in [6.07, 6.45) is 2.18. The molecule has 1 fully saturated rings. The average Bonchev–Trinajstić information content (AvgIpc) is 3.38. The summed E-state index contributed by atoms with van der Waals surface area (Å²) in [5, 5.41) is 11.2. The molecule has 1 aromatic heterocycles. The van der Waals surface area contributed by atoms with Crippen LogP contribution < -0.4 is 10.5 Å². The van der Waals surface area contributed by atoms with Crippen molar-refractivity contribution in [2.45, 2.75) is 64.6 Å². The first kappa shape index (κ1) is 33.3. The third kappa shape index (κ3) is 7.16. The van der Waals surface area contributed by atoms with Gasteiger partial charge in [-0.25, -0.2) is 4.79 Å². The fourth-order valence-electron chi connectivity index (χ4n) is 6.28. The summed E-state index contributed by atoms with van der Waals surface area (Å²) in [4.78, 5) is 42.0. The number of carboxylic acid groups (broad SMARTS) is 1. The minimum Gasteiger partial charge on any atom is -0.496 e. The topological polar surface area (TPSA) is 113 Å². The van der Waals surface area contributed by atoms with E-state index in [0.29, 0.717) is 34.3 Å². The van der Waals surface area contributed by atoms with E-state index in [1.54, 1.807) is 19.2 Å². The Labute approximate surface area is 278 Å². The van der Waals surface area contributed by atoms with Crippen molar-refractivity contribution < 1.29 is 24.2 Å². The molecule has 0 spiro atoms. The fraction of sp³-hybridized carbons (Fsp3) is 0.361. The van der Waals surface area contributed by atoms with E-state index in [2.05, 4.69) is 0 Å². The Hall–Kier alpha value is -4.08. The Bertz CT molecular complexity index is 1740. The van der Waals surface area contributed by atoms with Crippen LogP contribution in [-0.2, 0) is 6.54 Å². The van der Waals surface area contributed by atoms with Crippen LogP contribution >= 0.6 is 22.9 Å². The largest absolute Gasteiger partial charge is 0.496 e. The van der Waals surface area contributed by atoms with Gasteiger partial charge in [0, 0.05) is 45.9 Å². The molecule has 0 saturated heterocycles. The van der Waals surface area contributed by atoms with Crippen LogP contribution in [0.4, 0.5) is 4.79 Å². The lowest BCUT2D eigenvalue weighted by Gasteiger charge is -2.40. The molecule has 3 amide bonds. The van der Waals surface area contributed by atoms with Gasteiger partial charge in [-0.05, 0) is 93.8 Å². The van der Waals surface area contributed by atoms with E-state index >= 15 is 0 Å². The number of nitrogens with zero attached hydrogens (tertiary/aromatic N) is 2. The van der Waals surface area contributed by atoms with E-state index < -0.39 is 17.5 Å². The summed E-state index contributed by atoms with van der Waals surface area (Å²) in [7, 11) is 1.61. The van der Waals surface area contributed by atoms with Gasteiger partial charge in [0.1, 0.15) is 10.6 Å². The molecule has 46 heavy (non-hydrogen) atoms. The van der Waals surface area contributed by atoms with Crippen LogP contribution in [0.3, 0.4) is 0 Å². The van der Waals surface area contributed by atoms with Gasteiger partial charge in [0.05, 0.1) is 12.1 Å². The molecule has 0 radical (unpaired) electrons. The number of carbonyl (C=O) groups is 3. The first-order valence-electron chi connectivity index (χ1n) is 15.4. The summed E-state index contributed by atoms with van der Waals surface area (Å²) < 4.78 is 6.72. The highest BCUT2D eigenvalue weighted by Gasteiger charge is 2.35. The number of hydrogen-bond acceptors (Lipinski definition) is 5. The number of nitrogens with two attached hydrogens (primary N) is 1. The summed E-state index contributed by atoms with van der Waals surface area (Å²) in [6.45, 7) is 6.50. The summed E-state index contributed by atoms with van der Waals surface area (Å²) in [5.41, 5.74) is 8.03. The lowest BCUT2D eigenvalue weighted by atomic mass is 9.84. The third-order valence-corrected chi connectivity index (χ3v) is 10.5. The van der Waals surface area contributed by atoms with E-state index in [1.807, 2.05) is 80.3 Å². The molecule has 0 bridgehead atoms. The third-order valence-electron chi connectivity index (χ3n) is 8.85. The van der Waals surface area contributed by atoms with Crippen LogP contribution in [0.15, 0.2) is 66.7 Å². The molecule has 1 aliphatic carbocycles. The summed E-state index contributed by atoms with van der Waals surface area (Å²) in [6, 6.07) is 20.6. The summed E-state index contributed by atoms with van der Waals surface area (Å²) >= 11 is 8.23. The minimum atomic E-state index is -0.915. The first-order chi connectivity index (χ1) is 21.9. The average molecular weight is 662 g/mol. The molecule has 4 aromatic rings. The Morgan fingerprint density at radius 3 is 2.22 bits per heavy atom. The number of carbonyl (C=O) groups excluding carboxylic acids is 2. The lowest BCUT2D eigenvalue weighted by Crippen LogP contribution is -2.48. The van der Waals surface area contributed by atoms with E-state index in [9.17, 15) is 19.5 Å². The molecule has 8 nitrogen and oxygen atoms in total. The monoisotopic (exact) mass is 661 g/mol.